The Kier molecular flexibility index (Phi) is 4.72. The number of benzene rings is 1. The fourth-order valence-corrected chi connectivity index (χ4v) is 2.28. The van der Waals surface area contributed by atoms with Gasteiger partial charge in [0, 0.05) is 13.0 Å². The number of ether oxygens (including phenoxy) is 1. The number of rotatable bonds is 2. The van der Waals surface area contributed by atoms with Gasteiger partial charge in [-0.1, -0.05) is 30.3 Å². The van der Waals surface area contributed by atoms with Crippen molar-refractivity contribution >= 4 is 6.09 Å². The highest BCUT2D eigenvalue weighted by Gasteiger charge is 2.48. The summed E-state index contributed by atoms with van der Waals surface area (Å²) in [5.41, 5.74) is 0.700. The fraction of sp³-hybridized carbons (Fsp3) is 0.500. The summed E-state index contributed by atoms with van der Waals surface area (Å²) in [6.45, 7) is -0.248. The minimum absolute atomic E-state index is 0.0801. The molecule has 0 bridgehead atoms. The number of carbonyl (C=O) groups excluding carboxylic acids is 1. The van der Waals surface area contributed by atoms with Crippen LogP contribution in [-0.4, -0.2) is 41.0 Å². The molecule has 21 heavy (non-hydrogen) atoms. The molecule has 116 valence electrons. The van der Waals surface area contributed by atoms with Crippen LogP contribution in [0.1, 0.15) is 18.4 Å². The Bertz CT molecular complexity index is 478. The fourth-order valence-electron chi connectivity index (χ4n) is 2.28. The van der Waals surface area contributed by atoms with Gasteiger partial charge >= 0.3 is 12.3 Å². The molecule has 1 aliphatic heterocycles. The second kappa shape index (κ2) is 6.34. The summed E-state index contributed by atoms with van der Waals surface area (Å²) in [6, 6.07) is 6.72. The van der Waals surface area contributed by atoms with E-state index in [0.29, 0.717) is 10.5 Å². The molecule has 2 atom stereocenters. The Balaban J connectivity index is 1.99. The molecule has 0 saturated carbocycles. The largest absolute Gasteiger partial charge is 0.445 e. The molecule has 4 nitrogen and oxygen atoms in total. The summed E-state index contributed by atoms with van der Waals surface area (Å²) in [4.78, 5) is 12.5. The number of hydrogen-bond acceptors (Lipinski definition) is 3. The van der Waals surface area contributed by atoms with Crippen LogP contribution >= 0.6 is 0 Å². The predicted molar refractivity (Wildman–Crippen MR) is 68.4 cm³/mol. The third-order valence-electron chi connectivity index (χ3n) is 3.39. The molecule has 0 aromatic heterocycles. The van der Waals surface area contributed by atoms with E-state index in [4.69, 9.17) is 4.74 Å². The maximum absolute atomic E-state index is 12.9. The first-order valence-corrected chi connectivity index (χ1v) is 6.60. The molecule has 1 saturated heterocycles. The monoisotopic (exact) mass is 303 g/mol. The highest BCUT2D eigenvalue weighted by molar-refractivity contribution is 5.68. The lowest BCUT2D eigenvalue weighted by Gasteiger charge is -2.37. The molecular weight excluding hydrogens is 287 g/mol. The molecule has 1 N–H and O–H groups in total. The smallest absolute Gasteiger partial charge is 0.410 e. The van der Waals surface area contributed by atoms with E-state index < -0.39 is 30.8 Å². The molecule has 0 aliphatic carbocycles. The maximum Gasteiger partial charge on any atom is 0.410 e. The minimum atomic E-state index is -4.58. The van der Waals surface area contributed by atoms with Crippen molar-refractivity contribution < 1.29 is 27.8 Å². The number of aliphatic hydroxyl groups excluding tert-OH is 1. The standard InChI is InChI=1S/C14H16F3NO3/c15-14(16,17)12-8-11(19)6-7-18(12)13(20)21-9-10-4-2-1-3-5-10/h1-5,11-12,19H,6-9H2/t11-,12-/m0/s1. The van der Waals surface area contributed by atoms with Gasteiger partial charge in [0.25, 0.3) is 0 Å². The Morgan fingerprint density at radius 3 is 2.62 bits per heavy atom. The van der Waals surface area contributed by atoms with Crippen molar-refractivity contribution in [2.24, 2.45) is 0 Å². The van der Waals surface area contributed by atoms with E-state index in [0.717, 1.165) is 0 Å². The Labute approximate surface area is 120 Å². The summed E-state index contributed by atoms with van der Waals surface area (Å²) in [6.07, 6.45) is -7.02. The molecule has 1 aliphatic rings. The highest BCUT2D eigenvalue weighted by atomic mass is 19.4. The molecule has 7 heteroatoms. The van der Waals surface area contributed by atoms with E-state index >= 15 is 0 Å². The number of likely N-dealkylation sites (tertiary alicyclic amines) is 1. The summed E-state index contributed by atoms with van der Waals surface area (Å²) in [5.74, 6) is 0. The first-order chi connectivity index (χ1) is 9.88. The zero-order valence-corrected chi connectivity index (χ0v) is 11.2. The van der Waals surface area contributed by atoms with E-state index in [1.807, 2.05) is 0 Å². The van der Waals surface area contributed by atoms with Gasteiger partial charge in [-0.15, -0.1) is 0 Å². The van der Waals surface area contributed by atoms with Crippen LogP contribution in [0.3, 0.4) is 0 Å². The van der Waals surface area contributed by atoms with Gasteiger partial charge in [-0.3, -0.25) is 4.90 Å². The molecule has 1 aromatic rings. The van der Waals surface area contributed by atoms with Crippen LogP contribution in [0.15, 0.2) is 30.3 Å². The van der Waals surface area contributed by atoms with Gasteiger partial charge in [0.1, 0.15) is 12.6 Å². The lowest BCUT2D eigenvalue weighted by molar-refractivity contribution is -0.194. The molecule has 1 heterocycles. The van der Waals surface area contributed by atoms with Crippen molar-refractivity contribution in [3.63, 3.8) is 0 Å². The van der Waals surface area contributed by atoms with Gasteiger partial charge in [0.05, 0.1) is 6.10 Å². The number of carbonyl (C=O) groups is 1. The lowest BCUT2D eigenvalue weighted by atomic mass is 9.99. The van der Waals surface area contributed by atoms with Crippen molar-refractivity contribution in [3.8, 4) is 0 Å². The van der Waals surface area contributed by atoms with Crippen LogP contribution in [0, 0.1) is 0 Å². The van der Waals surface area contributed by atoms with Crippen molar-refractivity contribution in [1.29, 1.82) is 0 Å². The lowest BCUT2D eigenvalue weighted by Crippen LogP contribution is -2.54. The molecule has 1 amide bonds. The van der Waals surface area contributed by atoms with E-state index in [-0.39, 0.29) is 19.6 Å². The number of halogens is 3. The second-order valence-corrected chi connectivity index (χ2v) is 4.97. The number of amides is 1. The van der Waals surface area contributed by atoms with Gasteiger partial charge in [-0.25, -0.2) is 4.79 Å². The van der Waals surface area contributed by atoms with Crippen LogP contribution in [0.4, 0.5) is 18.0 Å². The molecule has 2 rings (SSSR count). The molecule has 1 fully saturated rings. The van der Waals surface area contributed by atoms with Gasteiger partial charge < -0.3 is 9.84 Å². The minimum Gasteiger partial charge on any atom is -0.445 e. The molecule has 0 unspecified atom stereocenters. The molecular formula is C14H16F3NO3. The summed E-state index contributed by atoms with van der Waals surface area (Å²) < 4.78 is 43.7. The number of aliphatic hydroxyl groups is 1. The normalized spacial score (nSPS) is 23.0. The molecule has 1 aromatic carbocycles. The Hall–Kier alpha value is -1.76. The quantitative estimate of drug-likeness (QED) is 0.914. The van der Waals surface area contributed by atoms with Crippen LogP contribution in [0.2, 0.25) is 0 Å². The number of alkyl halides is 3. The number of piperidine rings is 1. The third-order valence-corrected chi connectivity index (χ3v) is 3.39. The van der Waals surface area contributed by atoms with E-state index in [2.05, 4.69) is 0 Å². The van der Waals surface area contributed by atoms with E-state index in [1.165, 1.54) is 0 Å². The second-order valence-electron chi connectivity index (χ2n) is 4.97. The van der Waals surface area contributed by atoms with Crippen molar-refractivity contribution in [3.05, 3.63) is 35.9 Å². The van der Waals surface area contributed by atoms with Crippen LogP contribution < -0.4 is 0 Å². The zero-order chi connectivity index (χ0) is 15.5. The number of nitrogens with zero attached hydrogens (tertiary/aromatic N) is 1. The molecule has 0 radical (unpaired) electrons. The van der Waals surface area contributed by atoms with Crippen LogP contribution in [-0.2, 0) is 11.3 Å². The Morgan fingerprint density at radius 1 is 1.33 bits per heavy atom. The van der Waals surface area contributed by atoms with Crippen molar-refractivity contribution in [2.75, 3.05) is 6.54 Å². The predicted octanol–water partition coefficient (Wildman–Crippen LogP) is 2.71. The average Bonchev–Trinajstić information content (AvgIpc) is 2.45. The first-order valence-electron chi connectivity index (χ1n) is 6.60. The maximum atomic E-state index is 12.9. The van der Waals surface area contributed by atoms with Crippen molar-refractivity contribution in [1.82, 2.24) is 4.90 Å². The van der Waals surface area contributed by atoms with Crippen LogP contribution in [0.5, 0.6) is 0 Å². The summed E-state index contributed by atoms with van der Waals surface area (Å²) >= 11 is 0. The molecule has 0 spiro atoms. The third kappa shape index (κ3) is 4.10. The van der Waals surface area contributed by atoms with Gasteiger partial charge in [0.15, 0.2) is 0 Å². The SMILES string of the molecule is O=C(OCc1ccccc1)N1CC[C@H](O)C[C@H]1C(F)(F)F. The number of hydrogen-bond donors (Lipinski definition) is 1. The van der Waals surface area contributed by atoms with E-state index in [1.54, 1.807) is 30.3 Å². The topological polar surface area (TPSA) is 49.8 Å². The Morgan fingerprint density at radius 2 is 2.00 bits per heavy atom. The average molecular weight is 303 g/mol. The summed E-state index contributed by atoms with van der Waals surface area (Å²) in [7, 11) is 0. The van der Waals surface area contributed by atoms with Gasteiger partial charge in [0.2, 0.25) is 0 Å². The zero-order valence-electron chi connectivity index (χ0n) is 11.2. The summed E-state index contributed by atoms with van der Waals surface area (Å²) in [5, 5.41) is 9.37. The van der Waals surface area contributed by atoms with Crippen molar-refractivity contribution in [2.45, 2.75) is 37.8 Å². The highest BCUT2D eigenvalue weighted by Crippen LogP contribution is 2.32. The first kappa shape index (κ1) is 15.6. The van der Waals surface area contributed by atoms with E-state index in [9.17, 15) is 23.1 Å². The van der Waals surface area contributed by atoms with Gasteiger partial charge in [-0.05, 0) is 12.0 Å². The van der Waals surface area contributed by atoms with Gasteiger partial charge in [-0.2, -0.15) is 13.2 Å². The van der Waals surface area contributed by atoms with Crippen LogP contribution in [0.25, 0.3) is 0 Å².